The van der Waals surface area contributed by atoms with Crippen molar-refractivity contribution in [2.24, 2.45) is 5.73 Å². The number of aryl methyl sites for hydroxylation is 1. The van der Waals surface area contributed by atoms with Crippen molar-refractivity contribution in [3.8, 4) is 0 Å². The van der Waals surface area contributed by atoms with Crippen molar-refractivity contribution in [1.29, 1.82) is 0 Å². The Kier molecular flexibility index (Phi) is 11.4. The van der Waals surface area contributed by atoms with Crippen LogP contribution in [-0.4, -0.2) is 0 Å². The summed E-state index contributed by atoms with van der Waals surface area (Å²) in [4.78, 5) is 0. The molecule has 0 saturated carbocycles. The molecule has 0 amide bonds. The zero-order valence-electron chi connectivity index (χ0n) is 19.4. The summed E-state index contributed by atoms with van der Waals surface area (Å²) in [6.45, 7) is 6.84. The Bertz CT molecular complexity index is 703. The summed E-state index contributed by atoms with van der Waals surface area (Å²) in [6, 6.07) is 11.4. The second kappa shape index (κ2) is 13.8. The van der Waals surface area contributed by atoms with Crippen LogP contribution in [0.3, 0.4) is 0 Å². The lowest BCUT2D eigenvalue weighted by atomic mass is 9.86. The highest BCUT2D eigenvalue weighted by molar-refractivity contribution is 5.88. The summed E-state index contributed by atoms with van der Waals surface area (Å²) >= 11 is 0. The van der Waals surface area contributed by atoms with E-state index >= 15 is 0 Å². The first kappa shape index (κ1) is 23.9. The molecule has 1 unspecified atom stereocenters. The van der Waals surface area contributed by atoms with Crippen LogP contribution in [0.1, 0.15) is 121 Å². The normalized spacial score (nSPS) is 12.6. The minimum atomic E-state index is 0.167. The fourth-order valence-electron chi connectivity index (χ4n) is 4.81. The highest BCUT2D eigenvalue weighted by atomic mass is 14.6. The van der Waals surface area contributed by atoms with Crippen LogP contribution in [0.5, 0.6) is 0 Å². The molecule has 0 spiro atoms. The lowest BCUT2D eigenvalue weighted by Crippen LogP contribution is -2.14. The fourth-order valence-corrected chi connectivity index (χ4v) is 4.81. The molecule has 1 heteroatoms. The maximum Gasteiger partial charge on any atom is 0.0303 e. The first-order valence-electron chi connectivity index (χ1n) is 12.5. The van der Waals surface area contributed by atoms with E-state index in [2.05, 4.69) is 51.1 Å². The summed E-state index contributed by atoms with van der Waals surface area (Å²) < 4.78 is 0. The van der Waals surface area contributed by atoms with E-state index in [0.29, 0.717) is 0 Å². The predicted molar refractivity (Wildman–Crippen MR) is 131 cm³/mol. The molecule has 1 nitrogen and oxygen atoms in total. The average Bonchev–Trinajstić information content (AvgIpc) is 2.75. The Hall–Kier alpha value is -1.34. The van der Waals surface area contributed by atoms with Gasteiger partial charge in [0.05, 0.1) is 0 Å². The maximum atomic E-state index is 6.78. The summed E-state index contributed by atoms with van der Waals surface area (Å²) in [6.07, 6.45) is 18.6. The van der Waals surface area contributed by atoms with E-state index in [9.17, 15) is 0 Å². The van der Waals surface area contributed by atoms with Crippen molar-refractivity contribution in [2.45, 2.75) is 117 Å². The highest BCUT2D eigenvalue weighted by Crippen LogP contribution is 2.33. The Morgan fingerprint density at radius 2 is 1.31 bits per heavy atom. The molecule has 162 valence electrons. The number of nitrogens with two attached hydrogens (primary N) is 1. The molecule has 2 aromatic carbocycles. The van der Waals surface area contributed by atoms with Gasteiger partial charge in [0, 0.05) is 6.04 Å². The molecule has 1 atom stereocenters. The molecule has 2 aromatic rings. The van der Waals surface area contributed by atoms with E-state index in [1.807, 2.05) is 0 Å². The van der Waals surface area contributed by atoms with E-state index in [0.717, 1.165) is 19.3 Å². The maximum absolute atomic E-state index is 6.78. The second-order valence-corrected chi connectivity index (χ2v) is 8.79. The lowest BCUT2D eigenvalue weighted by molar-refractivity contribution is 0.526. The standard InChI is InChI=1S/C28H45N/c1-4-7-8-9-10-11-12-13-14-15-16-21-27(29)28-25(6-3)23(5-2)22-24-19-17-18-20-26(24)28/h17-20,22,27H,4-16,21,29H2,1-3H3. The molecule has 0 aliphatic rings. The molecule has 0 bridgehead atoms. The van der Waals surface area contributed by atoms with E-state index < -0.39 is 0 Å². The molecule has 2 rings (SSSR count). The monoisotopic (exact) mass is 395 g/mol. The van der Waals surface area contributed by atoms with Crippen LogP contribution in [0.4, 0.5) is 0 Å². The quantitative estimate of drug-likeness (QED) is 0.300. The molecule has 0 heterocycles. The summed E-state index contributed by atoms with van der Waals surface area (Å²) in [5, 5.41) is 2.73. The molecule has 0 aliphatic carbocycles. The van der Waals surface area contributed by atoms with Gasteiger partial charge < -0.3 is 5.73 Å². The minimum Gasteiger partial charge on any atom is -0.324 e. The molecular weight excluding hydrogens is 350 g/mol. The Morgan fingerprint density at radius 1 is 0.724 bits per heavy atom. The van der Waals surface area contributed by atoms with Crippen molar-refractivity contribution >= 4 is 10.8 Å². The number of fused-ring (bicyclic) bond motifs is 1. The van der Waals surface area contributed by atoms with E-state index in [1.165, 1.54) is 98.1 Å². The van der Waals surface area contributed by atoms with Gasteiger partial charge in [-0.25, -0.2) is 0 Å². The van der Waals surface area contributed by atoms with Crippen LogP contribution >= 0.6 is 0 Å². The third kappa shape index (κ3) is 7.45. The zero-order valence-corrected chi connectivity index (χ0v) is 19.4. The lowest BCUT2D eigenvalue weighted by Gasteiger charge is -2.22. The zero-order chi connectivity index (χ0) is 20.9. The van der Waals surface area contributed by atoms with Crippen LogP contribution in [0.2, 0.25) is 0 Å². The van der Waals surface area contributed by atoms with Crippen LogP contribution in [0, 0.1) is 0 Å². The van der Waals surface area contributed by atoms with Gasteiger partial charge in [-0.2, -0.15) is 0 Å². The molecule has 0 fully saturated rings. The SMILES string of the molecule is CCCCCCCCCCCCCC(N)c1c(CC)c(CC)cc2ccccc12. The van der Waals surface area contributed by atoms with Gasteiger partial charge in [0.2, 0.25) is 0 Å². The summed E-state index contributed by atoms with van der Waals surface area (Å²) in [5.41, 5.74) is 11.2. The topological polar surface area (TPSA) is 26.0 Å². The molecule has 29 heavy (non-hydrogen) atoms. The smallest absolute Gasteiger partial charge is 0.0303 e. The first-order valence-corrected chi connectivity index (χ1v) is 12.5. The number of hydrogen-bond acceptors (Lipinski definition) is 1. The Labute approximate surface area is 180 Å². The van der Waals surface area contributed by atoms with Crippen molar-refractivity contribution in [3.63, 3.8) is 0 Å². The number of hydrogen-bond donors (Lipinski definition) is 1. The minimum absolute atomic E-state index is 0.167. The molecule has 0 radical (unpaired) electrons. The molecule has 0 aliphatic heterocycles. The average molecular weight is 396 g/mol. The Morgan fingerprint density at radius 3 is 1.90 bits per heavy atom. The van der Waals surface area contributed by atoms with Gasteiger partial charge in [0.15, 0.2) is 0 Å². The van der Waals surface area contributed by atoms with Gasteiger partial charge in [0.1, 0.15) is 0 Å². The number of rotatable bonds is 15. The Balaban J connectivity index is 1.81. The summed E-state index contributed by atoms with van der Waals surface area (Å²) in [7, 11) is 0. The van der Waals surface area contributed by atoms with Crippen LogP contribution in [-0.2, 0) is 12.8 Å². The fraction of sp³-hybridized carbons (Fsp3) is 0.643. The second-order valence-electron chi connectivity index (χ2n) is 8.79. The van der Waals surface area contributed by atoms with E-state index in [4.69, 9.17) is 5.73 Å². The largest absolute Gasteiger partial charge is 0.324 e. The van der Waals surface area contributed by atoms with Crippen molar-refractivity contribution < 1.29 is 0 Å². The van der Waals surface area contributed by atoms with E-state index in [-0.39, 0.29) is 6.04 Å². The van der Waals surface area contributed by atoms with Crippen LogP contribution in [0.25, 0.3) is 10.8 Å². The third-order valence-electron chi connectivity index (χ3n) is 6.52. The van der Waals surface area contributed by atoms with Gasteiger partial charge in [0.25, 0.3) is 0 Å². The van der Waals surface area contributed by atoms with Crippen molar-refractivity contribution in [3.05, 3.63) is 47.0 Å². The number of unbranched alkanes of at least 4 members (excludes halogenated alkanes) is 10. The molecule has 2 N–H and O–H groups in total. The number of benzene rings is 2. The summed E-state index contributed by atoms with van der Waals surface area (Å²) in [5.74, 6) is 0. The van der Waals surface area contributed by atoms with Gasteiger partial charge in [-0.1, -0.05) is 122 Å². The van der Waals surface area contributed by atoms with Gasteiger partial charge in [-0.05, 0) is 46.7 Å². The van der Waals surface area contributed by atoms with Crippen LogP contribution < -0.4 is 5.73 Å². The third-order valence-corrected chi connectivity index (χ3v) is 6.52. The van der Waals surface area contributed by atoms with Gasteiger partial charge >= 0.3 is 0 Å². The van der Waals surface area contributed by atoms with Gasteiger partial charge in [-0.3, -0.25) is 0 Å². The molecule has 0 saturated heterocycles. The van der Waals surface area contributed by atoms with Gasteiger partial charge in [-0.15, -0.1) is 0 Å². The predicted octanol–water partition coefficient (Wildman–Crippen LogP) is 8.67. The first-order chi connectivity index (χ1) is 14.2. The van der Waals surface area contributed by atoms with Crippen LogP contribution in [0.15, 0.2) is 30.3 Å². The van der Waals surface area contributed by atoms with Crippen molar-refractivity contribution in [1.82, 2.24) is 0 Å². The van der Waals surface area contributed by atoms with E-state index in [1.54, 1.807) is 0 Å². The van der Waals surface area contributed by atoms with Crippen molar-refractivity contribution in [2.75, 3.05) is 0 Å². The highest BCUT2D eigenvalue weighted by Gasteiger charge is 2.16. The molecular formula is C28H45N. The molecule has 0 aromatic heterocycles.